The van der Waals surface area contributed by atoms with Gasteiger partial charge in [0.2, 0.25) is 5.91 Å². The lowest BCUT2D eigenvalue weighted by Crippen LogP contribution is -2.53. The SMILES string of the molecule is COc1cccc(N2CCN(C3CCC(C)(C)C3)CC2=O)c1. The van der Waals surface area contributed by atoms with Gasteiger partial charge in [0, 0.05) is 30.9 Å². The van der Waals surface area contributed by atoms with Crippen LogP contribution in [0.25, 0.3) is 0 Å². The Labute approximate surface area is 133 Å². The third-order valence-electron chi connectivity index (χ3n) is 5.07. The van der Waals surface area contributed by atoms with Crippen molar-refractivity contribution in [1.29, 1.82) is 0 Å². The van der Waals surface area contributed by atoms with E-state index in [1.165, 1.54) is 19.3 Å². The molecule has 0 spiro atoms. The molecule has 4 nitrogen and oxygen atoms in total. The molecule has 1 heterocycles. The van der Waals surface area contributed by atoms with Gasteiger partial charge in [0.15, 0.2) is 0 Å². The van der Waals surface area contributed by atoms with Crippen LogP contribution in [0, 0.1) is 5.41 Å². The molecular weight excluding hydrogens is 276 g/mol. The minimum absolute atomic E-state index is 0.198. The second-order valence-corrected chi connectivity index (χ2v) is 7.28. The van der Waals surface area contributed by atoms with Crippen LogP contribution in [0.1, 0.15) is 33.1 Å². The van der Waals surface area contributed by atoms with E-state index >= 15 is 0 Å². The van der Waals surface area contributed by atoms with E-state index in [1.807, 2.05) is 29.2 Å². The van der Waals surface area contributed by atoms with Crippen molar-refractivity contribution in [2.24, 2.45) is 5.41 Å². The number of carbonyl (C=O) groups is 1. The number of rotatable bonds is 3. The van der Waals surface area contributed by atoms with Gasteiger partial charge < -0.3 is 9.64 Å². The van der Waals surface area contributed by atoms with Gasteiger partial charge in [-0.25, -0.2) is 0 Å². The molecule has 0 bridgehead atoms. The van der Waals surface area contributed by atoms with Gasteiger partial charge in [0.05, 0.1) is 13.7 Å². The number of benzene rings is 1. The van der Waals surface area contributed by atoms with Crippen LogP contribution in [0.4, 0.5) is 5.69 Å². The zero-order valence-electron chi connectivity index (χ0n) is 13.8. The molecule has 3 rings (SSSR count). The number of anilines is 1. The van der Waals surface area contributed by atoms with Crippen molar-refractivity contribution in [3.05, 3.63) is 24.3 Å². The van der Waals surface area contributed by atoms with E-state index in [2.05, 4.69) is 18.7 Å². The first-order valence-corrected chi connectivity index (χ1v) is 8.17. The van der Waals surface area contributed by atoms with Gasteiger partial charge in [-0.15, -0.1) is 0 Å². The Morgan fingerprint density at radius 2 is 2.09 bits per heavy atom. The van der Waals surface area contributed by atoms with Crippen molar-refractivity contribution in [3.8, 4) is 5.75 Å². The molecule has 120 valence electrons. The predicted octanol–water partition coefficient (Wildman–Crippen LogP) is 2.92. The molecule has 0 aromatic heterocycles. The number of nitrogens with zero attached hydrogens (tertiary/aromatic N) is 2. The Morgan fingerprint density at radius 1 is 1.27 bits per heavy atom. The van der Waals surface area contributed by atoms with Crippen molar-refractivity contribution in [2.75, 3.05) is 31.6 Å². The van der Waals surface area contributed by atoms with Crippen LogP contribution < -0.4 is 9.64 Å². The third-order valence-corrected chi connectivity index (χ3v) is 5.07. The minimum Gasteiger partial charge on any atom is -0.497 e. The first-order valence-electron chi connectivity index (χ1n) is 8.17. The molecule has 1 aliphatic heterocycles. The van der Waals surface area contributed by atoms with Gasteiger partial charge in [0.1, 0.15) is 5.75 Å². The fraction of sp³-hybridized carbons (Fsp3) is 0.611. The molecular formula is C18H26N2O2. The molecule has 2 fully saturated rings. The van der Waals surface area contributed by atoms with Crippen LogP contribution in [0.3, 0.4) is 0 Å². The normalized spacial score (nSPS) is 25.5. The van der Waals surface area contributed by atoms with Crippen LogP contribution in [0.2, 0.25) is 0 Å². The maximum absolute atomic E-state index is 12.6. The Kier molecular flexibility index (Phi) is 4.13. The maximum Gasteiger partial charge on any atom is 0.241 e. The number of methoxy groups -OCH3 is 1. The summed E-state index contributed by atoms with van der Waals surface area (Å²) in [5.74, 6) is 0.995. The highest BCUT2D eigenvalue weighted by atomic mass is 16.5. The number of hydrogen-bond acceptors (Lipinski definition) is 3. The van der Waals surface area contributed by atoms with Crippen LogP contribution >= 0.6 is 0 Å². The largest absolute Gasteiger partial charge is 0.497 e. The molecule has 1 aliphatic carbocycles. The van der Waals surface area contributed by atoms with Crippen LogP contribution in [0.5, 0.6) is 5.75 Å². The van der Waals surface area contributed by atoms with Gasteiger partial charge in [-0.2, -0.15) is 0 Å². The Bertz CT molecular complexity index is 556. The molecule has 1 aromatic rings. The highest BCUT2D eigenvalue weighted by Gasteiger charge is 2.37. The molecule has 0 N–H and O–H groups in total. The van der Waals surface area contributed by atoms with Gasteiger partial charge in [-0.05, 0) is 36.8 Å². The molecule has 1 aromatic carbocycles. The zero-order valence-corrected chi connectivity index (χ0v) is 13.8. The molecule has 22 heavy (non-hydrogen) atoms. The van der Waals surface area contributed by atoms with Gasteiger partial charge in [-0.3, -0.25) is 9.69 Å². The number of amides is 1. The van der Waals surface area contributed by atoms with E-state index in [9.17, 15) is 4.79 Å². The molecule has 0 radical (unpaired) electrons. The lowest BCUT2D eigenvalue weighted by molar-refractivity contribution is -0.122. The summed E-state index contributed by atoms with van der Waals surface area (Å²) >= 11 is 0. The number of ether oxygens (including phenoxy) is 1. The van der Waals surface area contributed by atoms with Crippen molar-refractivity contribution in [2.45, 2.75) is 39.2 Å². The van der Waals surface area contributed by atoms with Crippen LogP contribution in [-0.4, -0.2) is 43.6 Å². The predicted molar refractivity (Wildman–Crippen MR) is 88.3 cm³/mol. The Hall–Kier alpha value is -1.55. The molecule has 1 saturated carbocycles. The zero-order chi connectivity index (χ0) is 15.7. The second-order valence-electron chi connectivity index (χ2n) is 7.28. The first kappa shape index (κ1) is 15.3. The van der Waals surface area contributed by atoms with E-state index in [0.29, 0.717) is 18.0 Å². The van der Waals surface area contributed by atoms with Crippen LogP contribution in [0.15, 0.2) is 24.3 Å². The Morgan fingerprint density at radius 3 is 2.73 bits per heavy atom. The summed E-state index contributed by atoms with van der Waals surface area (Å²) in [5.41, 5.74) is 1.37. The number of hydrogen-bond donors (Lipinski definition) is 0. The summed E-state index contributed by atoms with van der Waals surface area (Å²) in [5, 5.41) is 0. The van der Waals surface area contributed by atoms with E-state index < -0.39 is 0 Å². The van der Waals surface area contributed by atoms with Gasteiger partial charge >= 0.3 is 0 Å². The molecule has 1 atom stereocenters. The van der Waals surface area contributed by atoms with E-state index in [0.717, 1.165) is 24.5 Å². The summed E-state index contributed by atoms with van der Waals surface area (Å²) in [6, 6.07) is 8.34. The lowest BCUT2D eigenvalue weighted by Gasteiger charge is -2.38. The summed E-state index contributed by atoms with van der Waals surface area (Å²) < 4.78 is 5.26. The topological polar surface area (TPSA) is 32.8 Å². The quantitative estimate of drug-likeness (QED) is 0.860. The van der Waals surface area contributed by atoms with Gasteiger partial charge in [-0.1, -0.05) is 19.9 Å². The van der Waals surface area contributed by atoms with Crippen molar-refractivity contribution in [1.82, 2.24) is 4.90 Å². The number of piperazine rings is 1. The molecule has 1 unspecified atom stereocenters. The van der Waals surface area contributed by atoms with Gasteiger partial charge in [0.25, 0.3) is 0 Å². The smallest absolute Gasteiger partial charge is 0.241 e. The first-order chi connectivity index (χ1) is 10.5. The standard InChI is InChI=1S/C18H26N2O2/c1-18(2)8-7-15(12-18)19-9-10-20(17(21)13-19)14-5-4-6-16(11-14)22-3/h4-6,11,15H,7-10,12-13H2,1-3H3. The van der Waals surface area contributed by atoms with Crippen LogP contribution in [-0.2, 0) is 4.79 Å². The van der Waals surface area contributed by atoms with Crippen molar-refractivity contribution in [3.63, 3.8) is 0 Å². The number of carbonyl (C=O) groups excluding carboxylic acids is 1. The summed E-state index contributed by atoms with van der Waals surface area (Å²) in [6.07, 6.45) is 3.70. The average Bonchev–Trinajstić information content (AvgIpc) is 2.87. The average molecular weight is 302 g/mol. The second kappa shape index (κ2) is 5.92. The third kappa shape index (κ3) is 3.12. The fourth-order valence-corrected chi connectivity index (χ4v) is 3.77. The molecule has 1 amide bonds. The molecule has 1 saturated heterocycles. The fourth-order valence-electron chi connectivity index (χ4n) is 3.77. The highest BCUT2D eigenvalue weighted by molar-refractivity contribution is 5.95. The summed E-state index contributed by atoms with van der Waals surface area (Å²) in [7, 11) is 1.65. The Balaban J connectivity index is 1.66. The minimum atomic E-state index is 0.198. The van der Waals surface area contributed by atoms with E-state index in [4.69, 9.17) is 4.74 Å². The maximum atomic E-state index is 12.6. The molecule has 4 heteroatoms. The highest BCUT2D eigenvalue weighted by Crippen LogP contribution is 2.39. The summed E-state index contributed by atoms with van der Waals surface area (Å²) in [6.45, 7) is 6.94. The van der Waals surface area contributed by atoms with Crippen molar-refractivity contribution < 1.29 is 9.53 Å². The van der Waals surface area contributed by atoms with E-state index in [1.54, 1.807) is 7.11 Å². The summed E-state index contributed by atoms with van der Waals surface area (Å²) in [4.78, 5) is 16.8. The van der Waals surface area contributed by atoms with E-state index in [-0.39, 0.29) is 5.91 Å². The molecule has 2 aliphatic rings. The monoisotopic (exact) mass is 302 g/mol. The van der Waals surface area contributed by atoms with Crippen molar-refractivity contribution >= 4 is 11.6 Å². The lowest BCUT2D eigenvalue weighted by atomic mass is 9.91.